The molecule has 0 atom stereocenters. The van der Waals surface area contributed by atoms with E-state index >= 15 is 0 Å². The van der Waals surface area contributed by atoms with Crippen LogP contribution in [0.2, 0.25) is 0 Å². The minimum Gasteiger partial charge on any atom is -0.497 e. The third-order valence-electron chi connectivity index (χ3n) is 5.14. The summed E-state index contributed by atoms with van der Waals surface area (Å²) in [6.45, 7) is -0.696. The molecule has 37 heavy (non-hydrogen) atoms. The number of ether oxygens (including phenoxy) is 5. The monoisotopic (exact) mass is 533 g/mol. The van der Waals surface area contributed by atoms with Crippen LogP contribution in [0.1, 0.15) is 20.7 Å². The van der Waals surface area contributed by atoms with Crippen molar-refractivity contribution >= 4 is 27.5 Å². The molecule has 0 aliphatic carbocycles. The Morgan fingerprint density at radius 2 is 1.54 bits per heavy atom. The Kier molecular flexibility index (Phi) is 8.56. The quantitative estimate of drug-likeness (QED) is 0.290. The summed E-state index contributed by atoms with van der Waals surface area (Å²) >= 11 is 0. The number of carbonyl (C=O) groups is 2. The number of ketones is 1. The van der Waals surface area contributed by atoms with Gasteiger partial charge in [-0.1, -0.05) is 12.1 Å². The van der Waals surface area contributed by atoms with Gasteiger partial charge in [0.1, 0.15) is 22.9 Å². The van der Waals surface area contributed by atoms with Gasteiger partial charge >= 0.3 is 5.97 Å². The average Bonchev–Trinajstić information content (AvgIpc) is 2.91. The van der Waals surface area contributed by atoms with E-state index < -0.39 is 39.1 Å². The Morgan fingerprint density at radius 1 is 0.838 bits per heavy atom. The Labute approximate surface area is 212 Å². The smallest absolute Gasteiger partial charge is 0.342 e. The molecule has 1 N–H and O–H groups in total. The summed E-state index contributed by atoms with van der Waals surface area (Å²) < 4.78 is 68.0. The van der Waals surface area contributed by atoms with Gasteiger partial charge in [0, 0.05) is 6.07 Å². The fourth-order valence-corrected chi connectivity index (χ4v) is 4.42. The van der Waals surface area contributed by atoms with Gasteiger partial charge in [-0.2, -0.15) is 0 Å². The van der Waals surface area contributed by atoms with E-state index in [0.717, 1.165) is 18.2 Å². The zero-order valence-corrected chi connectivity index (χ0v) is 21.2. The lowest BCUT2D eigenvalue weighted by atomic mass is 10.1. The van der Waals surface area contributed by atoms with E-state index in [2.05, 4.69) is 4.72 Å². The fourth-order valence-electron chi connectivity index (χ4n) is 3.31. The zero-order valence-electron chi connectivity index (χ0n) is 20.4. The first-order valence-corrected chi connectivity index (χ1v) is 12.1. The number of esters is 1. The third kappa shape index (κ3) is 6.09. The molecule has 10 nitrogen and oxygen atoms in total. The van der Waals surface area contributed by atoms with E-state index in [9.17, 15) is 22.4 Å². The topological polar surface area (TPSA) is 126 Å². The molecule has 0 amide bonds. The standard InChI is InChI=1S/C25H24FNO9S/c1-32-15-9-10-22(33-2)17(11-15)21(28)14-36-25(29)18-12-16(13-23(34-3)24(18)35-4)37(30,31)27-20-8-6-5-7-19(20)26/h5-13,27H,14H2,1-4H3. The Hall–Kier alpha value is -4.32. The molecule has 0 saturated heterocycles. The summed E-state index contributed by atoms with van der Waals surface area (Å²) in [4.78, 5) is 25.3. The molecular weight excluding hydrogens is 509 g/mol. The molecule has 0 aromatic heterocycles. The van der Waals surface area contributed by atoms with Crippen molar-refractivity contribution < 1.29 is 46.1 Å². The molecule has 0 unspecified atom stereocenters. The van der Waals surface area contributed by atoms with Gasteiger partial charge in [-0.3, -0.25) is 9.52 Å². The third-order valence-corrected chi connectivity index (χ3v) is 6.49. The SMILES string of the molecule is COc1ccc(OC)c(C(=O)COC(=O)c2cc(S(=O)(=O)Nc3ccccc3F)cc(OC)c2OC)c1. The molecule has 0 spiro atoms. The number of rotatable bonds is 11. The van der Waals surface area contributed by atoms with E-state index in [1.54, 1.807) is 6.07 Å². The Balaban J connectivity index is 1.92. The summed E-state index contributed by atoms with van der Waals surface area (Å²) in [6.07, 6.45) is 0. The molecule has 0 saturated carbocycles. The van der Waals surface area contributed by atoms with Gasteiger partial charge in [-0.15, -0.1) is 0 Å². The van der Waals surface area contributed by atoms with Crippen molar-refractivity contribution in [2.24, 2.45) is 0 Å². The predicted molar refractivity (Wildman–Crippen MR) is 131 cm³/mol. The molecule has 0 aliphatic heterocycles. The summed E-state index contributed by atoms with van der Waals surface area (Å²) in [7, 11) is 0.920. The van der Waals surface area contributed by atoms with Crippen LogP contribution in [-0.4, -0.2) is 55.2 Å². The van der Waals surface area contributed by atoms with Crippen molar-refractivity contribution in [1.82, 2.24) is 0 Å². The van der Waals surface area contributed by atoms with Gasteiger partial charge in [0.15, 0.2) is 18.1 Å². The maximum absolute atomic E-state index is 14.0. The molecule has 3 aromatic carbocycles. The van der Waals surface area contributed by atoms with Gasteiger partial charge in [-0.05, 0) is 36.4 Å². The van der Waals surface area contributed by atoms with E-state index in [1.165, 1.54) is 58.8 Å². The highest BCUT2D eigenvalue weighted by Gasteiger charge is 2.26. The summed E-state index contributed by atoms with van der Waals surface area (Å²) in [5.74, 6) is -2.04. The van der Waals surface area contributed by atoms with Crippen molar-refractivity contribution in [3.8, 4) is 23.0 Å². The van der Waals surface area contributed by atoms with E-state index in [4.69, 9.17) is 23.7 Å². The maximum atomic E-state index is 14.0. The molecule has 0 aliphatic rings. The van der Waals surface area contributed by atoms with E-state index in [0.29, 0.717) is 5.75 Å². The lowest BCUT2D eigenvalue weighted by Gasteiger charge is -2.16. The van der Waals surface area contributed by atoms with Gasteiger partial charge in [0.25, 0.3) is 10.0 Å². The van der Waals surface area contributed by atoms with Crippen LogP contribution in [0.4, 0.5) is 10.1 Å². The molecule has 0 heterocycles. The molecule has 0 fully saturated rings. The van der Waals surface area contributed by atoms with Crippen molar-refractivity contribution in [2.45, 2.75) is 4.90 Å². The Morgan fingerprint density at radius 3 is 2.16 bits per heavy atom. The molecule has 3 aromatic rings. The lowest BCUT2D eigenvalue weighted by Crippen LogP contribution is -2.18. The molecule has 196 valence electrons. The normalized spacial score (nSPS) is 10.8. The molecule has 12 heteroatoms. The minimum absolute atomic E-state index is 0.105. The summed E-state index contributed by atoms with van der Waals surface area (Å²) in [5.41, 5.74) is -0.509. The van der Waals surface area contributed by atoms with Crippen LogP contribution in [-0.2, 0) is 14.8 Å². The molecule has 0 radical (unpaired) electrons. The van der Waals surface area contributed by atoms with E-state index in [1.807, 2.05) is 0 Å². The van der Waals surface area contributed by atoms with Crippen molar-refractivity contribution in [2.75, 3.05) is 39.8 Å². The van der Waals surface area contributed by atoms with Crippen LogP contribution in [0.3, 0.4) is 0 Å². The highest BCUT2D eigenvalue weighted by molar-refractivity contribution is 7.92. The largest absolute Gasteiger partial charge is 0.497 e. The lowest BCUT2D eigenvalue weighted by molar-refractivity contribution is 0.0470. The first kappa shape index (κ1) is 27.3. The zero-order chi connectivity index (χ0) is 27.2. The number of hydrogen-bond acceptors (Lipinski definition) is 9. The van der Waals surface area contributed by atoms with Crippen molar-refractivity contribution in [1.29, 1.82) is 0 Å². The number of anilines is 1. The van der Waals surface area contributed by atoms with Gasteiger partial charge in [-0.25, -0.2) is 17.6 Å². The number of halogens is 1. The van der Waals surface area contributed by atoms with E-state index in [-0.39, 0.29) is 34.1 Å². The number of para-hydroxylation sites is 1. The van der Waals surface area contributed by atoms with Crippen LogP contribution in [0.25, 0.3) is 0 Å². The van der Waals surface area contributed by atoms with Crippen LogP contribution in [0.5, 0.6) is 23.0 Å². The minimum atomic E-state index is -4.37. The predicted octanol–water partition coefficient (Wildman–Crippen LogP) is 3.70. The van der Waals surface area contributed by atoms with Gasteiger partial charge in [0.2, 0.25) is 5.78 Å². The summed E-state index contributed by atoms with van der Waals surface area (Å²) in [5, 5.41) is 0. The highest BCUT2D eigenvalue weighted by atomic mass is 32.2. The number of methoxy groups -OCH3 is 4. The molecule has 0 bridgehead atoms. The van der Waals surface area contributed by atoms with Crippen LogP contribution in [0, 0.1) is 5.82 Å². The van der Waals surface area contributed by atoms with Crippen LogP contribution >= 0.6 is 0 Å². The van der Waals surface area contributed by atoms with Crippen LogP contribution in [0.15, 0.2) is 59.5 Å². The van der Waals surface area contributed by atoms with Gasteiger partial charge in [0.05, 0.1) is 44.6 Å². The van der Waals surface area contributed by atoms with Crippen molar-refractivity contribution in [3.05, 3.63) is 71.5 Å². The highest BCUT2D eigenvalue weighted by Crippen LogP contribution is 2.35. The van der Waals surface area contributed by atoms with Gasteiger partial charge < -0.3 is 23.7 Å². The number of benzene rings is 3. The number of carbonyl (C=O) groups excluding carboxylic acids is 2. The van der Waals surface area contributed by atoms with Crippen LogP contribution < -0.4 is 23.7 Å². The maximum Gasteiger partial charge on any atom is 0.342 e. The summed E-state index contributed by atoms with van der Waals surface area (Å²) in [6, 6.07) is 11.8. The second-order valence-electron chi connectivity index (χ2n) is 7.36. The number of sulfonamides is 1. The second-order valence-corrected chi connectivity index (χ2v) is 9.04. The fraction of sp³-hybridized carbons (Fsp3) is 0.200. The number of nitrogens with one attached hydrogen (secondary N) is 1. The first-order valence-electron chi connectivity index (χ1n) is 10.6. The molecule has 3 rings (SSSR count). The number of hydrogen-bond donors (Lipinski definition) is 1. The number of Topliss-reactive ketones (excluding diaryl/α,β-unsaturated/α-hetero) is 1. The molecular formula is C25H24FNO9S. The average molecular weight is 534 g/mol. The second kappa shape index (κ2) is 11.6. The first-order chi connectivity index (χ1) is 17.6. The Bertz CT molecular complexity index is 1420. The van der Waals surface area contributed by atoms with Crippen molar-refractivity contribution in [3.63, 3.8) is 0 Å².